The van der Waals surface area contributed by atoms with Crippen LogP contribution in [0.1, 0.15) is 45.1 Å². The fourth-order valence-corrected chi connectivity index (χ4v) is 3.02. The molecule has 0 spiro atoms. The summed E-state index contributed by atoms with van der Waals surface area (Å²) in [5.41, 5.74) is -0.142. The molecule has 0 amide bonds. The monoisotopic (exact) mass is 312 g/mol. The zero-order chi connectivity index (χ0) is 16.0. The van der Waals surface area contributed by atoms with Gasteiger partial charge in [0.25, 0.3) is 0 Å². The summed E-state index contributed by atoms with van der Waals surface area (Å²) >= 11 is 0. The molecule has 0 N–H and O–H groups in total. The van der Waals surface area contributed by atoms with Crippen molar-refractivity contribution in [1.82, 2.24) is 0 Å². The summed E-state index contributed by atoms with van der Waals surface area (Å²) in [6.45, 7) is 5.94. The molecule has 1 aromatic rings. The third-order valence-corrected chi connectivity index (χ3v) is 4.46. The van der Waals surface area contributed by atoms with E-state index in [4.69, 9.17) is 9.47 Å². The van der Waals surface area contributed by atoms with E-state index in [-0.39, 0.29) is 18.9 Å². The molecule has 1 heterocycles. The molecule has 1 fully saturated rings. The van der Waals surface area contributed by atoms with Crippen LogP contribution in [0.15, 0.2) is 24.3 Å². The van der Waals surface area contributed by atoms with Gasteiger partial charge in [-0.05, 0) is 42.9 Å². The van der Waals surface area contributed by atoms with Crippen LogP contribution < -0.4 is 28.7 Å². The molecule has 0 aromatic heterocycles. The minimum absolute atomic E-state index is 0. The summed E-state index contributed by atoms with van der Waals surface area (Å²) in [5.74, 6) is 0.294. The molecule has 1 aliphatic heterocycles. The van der Waals surface area contributed by atoms with Crippen LogP contribution in [0.4, 0.5) is 0 Å². The number of carbonyl (C=O) groups excluding carboxylic acids is 1. The van der Waals surface area contributed by atoms with Gasteiger partial charge in [-0.3, -0.25) is 0 Å². The average molecular weight is 312 g/mol. The van der Waals surface area contributed by atoms with Crippen LogP contribution in [0.3, 0.4) is 0 Å². The second kappa shape index (κ2) is 9.37. The van der Waals surface area contributed by atoms with Gasteiger partial charge in [0.2, 0.25) is 0 Å². The summed E-state index contributed by atoms with van der Waals surface area (Å²) < 4.78 is 11.1. The van der Waals surface area contributed by atoms with Crippen molar-refractivity contribution in [2.45, 2.75) is 44.9 Å². The van der Waals surface area contributed by atoms with Gasteiger partial charge in [0, 0.05) is 18.6 Å². The van der Waals surface area contributed by atoms with E-state index in [1.165, 1.54) is 0 Å². The molecule has 0 radical (unpaired) electrons. The van der Waals surface area contributed by atoms with Crippen LogP contribution >= 0.6 is 0 Å². The number of hydrogen-bond donors (Lipinski definition) is 0. The molecule has 2 rings (SSSR count). The Balaban J connectivity index is 0.00000264. The first-order chi connectivity index (χ1) is 10.6. The third-order valence-electron chi connectivity index (χ3n) is 4.46. The fourth-order valence-electron chi connectivity index (χ4n) is 3.02. The van der Waals surface area contributed by atoms with Crippen molar-refractivity contribution in [3.63, 3.8) is 0 Å². The van der Waals surface area contributed by atoms with Crippen LogP contribution in [-0.2, 0) is 14.9 Å². The minimum atomic E-state index is -1.01. The van der Waals surface area contributed by atoms with E-state index in [2.05, 4.69) is 13.8 Å². The molecule has 4 nitrogen and oxygen atoms in total. The van der Waals surface area contributed by atoms with Gasteiger partial charge >= 0.3 is 18.9 Å². The largest absolute Gasteiger partial charge is 1.00 e. The maximum absolute atomic E-state index is 11.7. The van der Waals surface area contributed by atoms with Gasteiger partial charge in [0.15, 0.2) is 0 Å². The summed E-state index contributed by atoms with van der Waals surface area (Å²) in [5, 5.41) is 11.7. The van der Waals surface area contributed by atoms with Crippen molar-refractivity contribution in [3.05, 3.63) is 29.8 Å². The van der Waals surface area contributed by atoms with Crippen molar-refractivity contribution in [2.75, 3.05) is 19.8 Å². The van der Waals surface area contributed by atoms with E-state index in [1.807, 2.05) is 24.3 Å². The van der Waals surface area contributed by atoms with Gasteiger partial charge in [0.05, 0.1) is 12.6 Å². The van der Waals surface area contributed by atoms with Crippen LogP contribution in [0.25, 0.3) is 0 Å². The summed E-state index contributed by atoms with van der Waals surface area (Å²) in [7, 11) is 0. The van der Waals surface area contributed by atoms with Gasteiger partial charge in [0.1, 0.15) is 5.75 Å². The zero-order valence-electron chi connectivity index (χ0n) is 14.5. The Morgan fingerprint density at radius 3 is 2.43 bits per heavy atom. The molecule has 1 saturated heterocycles. The number of rotatable bonds is 7. The summed E-state index contributed by atoms with van der Waals surface area (Å²) in [6, 6.07) is 7.41. The minimum Gasteiger partial charge on any atom is -0.549 e. The number of carboxylic acids is 1. The van der Waals surface area contributed by atoms with Crippen LogP contribution in [0.2, 0.25) is 0 Å². The van der Waals surface area contributed by atoms with Gasteiger partial charge in [-0.25, -0.2) is 0 Å². The topological polar surface area (TPSA) is 58.6 Å². The first kappa shape index (κ1) is 20.1. The summed E-state index contributed by atoms with van der Waals surface area (Å²) in [6.07, 6.45) is 3.22. The zero-order valence-corrected chi connectivity index (χ0v) is 14.5. The Bertz CT molecular complexity index is 480. The molecule has 0 bridgehead atoms. The molecule has 1 atom stereocenters. The first-order valence-electron chi connectivity index (χ1n) is 8.11. The second-order valence-electron chi connectivity index (χ2n) is 6.21. The Morgan fingerprint density at radius 1 is 1.30 bits per heavy atom. The van der Waals surface area contributed by atoms with Gasteiger partial charge < -0.3 is 19.4 Å². The number of benzene rings is 1. The van der Waals surface area contributed by atoms with E-state index in [1.54, 1.807) is 0 Å². The molecular weight excluding hydrogens is 287 g/mol. The third kappa shape index (κ3) is 5.01. The SMILES string of the molecule is CCCC(C)COc1ccc(C2(C(=O)[O-])CCOCC2)cc1.[Li+]. The van der Waals surface area contributed by atoms with Crippen LogP contribution in [-0.4, -0.2) is 25.8 Å². The van der Waals surface area contributed by atoms with Gasteiger partial charge in [-0.2, -0.15) is 0 Å². The first-order valence-corrected chi connectivity index (χ1v) is 8.11. The van der Waals surface area contributed by atoms with Crippen molar-refractivity contribution >= 4 is 5.97 Å². The van der Waals surface area contributed by atoms with Crippen molar-refractivity contribution in [3.8, 4) is 5.75 Å². The Morgan fingerprint density at radius 2 is 1.91 bits per heavy atom. The summed E-state index contributed by atoms with van der Waals surface area (Å²) in [4.78, 5) is 11.7. The number of carbonyl (C=O) groups is 1. The van der Waals surface area contributed by atoms with Crippen molar-refractivity contribution in [1.29, 1.82) is 0 Å². The van der Waals surface area contributed by atoms with E-state index in [0.717, 1.165) is 24.2 Å². The normalized spacial score (nSPS) is 17.8. The molecule has 1 aliphatic rings. The molecular formula is C18H25LiO4. The number of ether oxygens (including phenoxy) is 2. The Labute approximate surface area is 150 Å². The molecule has 1 unspecified atom stereocenters. The predicted molar refractivity (Wildman–Crippen MR) is 82.7 cm³/mol. The molecule has 0 saturated carbocycles. The van der Waals surface area contributed by atoms with Gasteiger partial charge in [-0.1, -0.05) is 32.4 Å². The van der Waals surface area contributed by atoms with Crippen molar-refractivity contribution < 1.29 is 38.2 Å². The number of carboxylic acid groups (broad SMARTS) is 1. The number of hydrogen-bond acceptors (Lipinski definition) is 4. The van der Waals surface area contributed by atoms with E-state index >= 15 is 0 Å². The molecule has 1 aromatic carbocycles. The molecule has 0 aliphatic carbocycles. The van der Waals surface area contributed by atoms with E-state index < -0.39 is 11.4 Å². The molecule has 23 heavy (non-hydrogen) atoms. The van der Waals surface area contributed by atoms with E-state index in [9.17, 15) is 9.90 Å². The standard InChI is InChI=1S/C18H26O4.Li/c1-3-4-14(2)13-22-16-7-5-15(6-8-16)18(17(19)20)9-11-21-12-10-18;/h5-8,14H,3-4,9-13H2,1-2H3,(H,19,20);/q;+1/p-1. The average Bonchev–Trinajstić information content (AvgIpc) is 2.54. The second-order valence-corrected chi connectivity index (χ2v) is 6.21. The molecule has 122 valence electrons. The van der Waals surface area contributed by atoms with Crippen LogP contribution in [0.5, 0.6) is 5.75 Å². The van der Waals surface area contributed by atoms with E-state index in [0.29, 0.717) is 38.6 Å². The fraction of sp³-hybridized carbons (Fsp3) is 0.611. The van der Waals surface area contributed by atoms with Gasteiger partial charge in [-0.15, -0.1) is 0 Å². The van der Waals surface area contributed by atoms with Crippen molar-refractivity contribution in [2.24, 2.45) is 5.92 Å². The number of aliphatic carboxylic acids is 1. The molecule has 5 heteroatoms. The predicted octanol–water partition coefficient (Wildman–Crippen LogP) is -0.696. The Hall–Kier alpha value is -0.953. The van der Waals surface area contributed by atoms with Crippen LogP contribution in [0, 0.1) is 5.92 Å². The quantitative estimate of drug-likeness (QED) is 0.625. The maximum Gasteiger partial charge on any atom is 1.00 e. The smallest absolute Gasteiger partial charge is 0.549 e. The Kier molecular flexibility index (Phi) is 8.18. The maximum atomic E-state index is 11.7.